The fraction of sp³-hybridized carbons (Fsp3) is 0.568. The number of hydrogen-bond acceptors (Lipinski definition) is 11. The van der Waals surface area contributed by atoms with Crippen molar-refractivity contribution in [3.05, 3.63) is 47.7 Å². The Labute approximate surface area is 329 Å². The zero-order valence-corrected chi connectivity index (χ0v) is 33.3. The van der Waals surface area contributed by atoms with Crippen LogP contribution in [0.1, 0.15) is 84.0 Å². The van der Waals surface area contributed by atoms with Gasteiger partial charge in [-0.25, -0.2) is 15.0 Å². The first-order valence-corrected chi connectivity index (χ1v) is 19.1. The van der Waals surface area contributed by atoms with E-state index in [0.29, 0.717) is 43.5 Å². The summed E-state index contributed by atoms with van der Waals surface area (Å²) in [5.74, 6) is -3.02. The number of pyridine rings is 1. The van der Waals surface area contributed by atoms with Gasteiger partial charge in [0.1, 0.15) is 18.7 Å². The largest absolute Gasteiger partial charge is 0.460 e. The fourth-order valence-electron chi connectivity index (χ4n) is 5.99. The number of benzene rings is 1. The van der Waals surface area contributed by atoms with Crippen molar-refractivity contribution in [2.45, 2.75) is 100 Å². The van der Waals surface area contributed by atoms with Gasteiger partial charge in [-0.05, 0) is 82.6 Å². The van der Waals surface area contributed by atoms with Crippen molar-refractivity contribution in [2.24, 2.45) is 5.92 Å². The van der Waals surface area contributed by atoms with Gasteiger partial charge in [0.05, 0.1) is 23.9 Å². The summed E-state index contributed by atoms with van der Waals surface area (Å²) >= 11 is 17.0. The summed E-state index contributed by atoms with van der Waals surface area (Å²) in [5.41, 5.74) is 3.46. The number of carbonyl (C=O) groups is 5. The van der Waals surface area contributed by atoms with Crippen LogP contribution in [0.3, 0.4) is 0 Å². The van der Waals surface area contributed by atoms with Gasteiger partial charge in [-0.15, -0.1) is 0 Å². The van der Waals surface area contributed by atoms with Crippen LogP contribution >= 0.6 is 34.8 Å². The number of nitrogens with zero attached hydrogens (tertiary/aromatic N) is 2. The molecule has 2 aliphatic rings. The van der Waals surface area contributed by atoms with Crippen LogP contribution in [-0.4, -0.2) is 93.8 Å². The maximum atomic E-state index is 13.9. The van der Waals surface area contributed by atoms with E-state index in [1.165, 1.54) is 11.9 Å². The molecule has 1 aromatic heterocycles. The number of hydrazine groups is 1. The van der Waals surface area contributed by atoms with Crippen molar-refractivity contribution in [3.8, 4) is 0 Å². The second kappa shape index (κ2) is 19.3. The maximum Gasteiger partial charge on any atom is 0.407 e. The molecule has 3 N–H and O–H groups in total. The van der Waals surface area contributed by atoms with E-state index in [1.54, 1.807) is 32.9 Å². The second-order valence-electron chi connectivity index (χ2n) is 13.6. The molecule has 3 heterocycles. The SMILES string of the molecule is CCOC(=O)N[C@H](C)c1ccc2ccc(/C=C/C3(C(=O)O[C@H](C(=O)N[C@@H](C)C(=O)N4CCC[C@@H](C(=O)OCC(Cl)(Cl)Cl)N4)C(C)C)CCCCO3)cc2n1. The quantitative estimate of drug-likeness (QED) is 0.133. The standard InChI is InChI=1S/C37H48Cl3N5O9/c1-6-51-35(50)42-23(4)27-14-13-26-12-11-25(20-29(26)43-27)15-17-36(16-7-8-19-53-36)34(49)54-30(22(2)3)31(46)41-24(5)32(47)45-18-9-10-28(44-45)33(48)52-21-37(38,39)40/h11-15,17,20,22-24,28,30,44H,6-10,16,18-19,21H2,1-5H3,(H,41,46)(H,42,50)/b17-15+/t23-,24+,28+,30+,36?/m1/s1. The summed E-state index contributed by atoms with van der Waals surface area (Å²) < 4.78 is 20.2. The van der Waals surface area contributed by atoms with Gasteiger partial charge in [0.15, 0.2) is 11.7 Å². The molecule has 14 nitrogen and oxygen atoms in total. The number of halogens is 3. The number of nitrogens with one attached hydrogen (secondary N) is 3. The van der Waals surface area contributed by atoms with Crippen molar-refractivity contribution >= 4 is 81.6 Å². The Morgan fingerprint density at radius 2 is 1.80 bits per heavy atom. The first kappa shape index (κ1) is 43.0. The number of alkyl halides is 3. The molecule has 54 heavy (non-hydrogen) atoms. The molecule has 0 aliphatic carbocycles. The van der Waals surface area contributed by atoms with Crippen molar-refractivity contribution in [3.63, 3.8) is 0 Å². The van der Waals surface area contributed by atoms with Crippen molar-refractivity contribution in [1.29, 1.82) is 0 Å². The molecule has 2 saturated heterocycles. The molecular formula is C37H48Cl3N5O9. The van der Waals surface area contributed by atoms with E-state index in [2.05, 4.69) is 16.1 Å². The minimum Gasteiger partial charge on any atom is -0.460 e. The summed E-state index contributed by atoms with van der Waals surface area (Å²) in [6.07, 6.45) is 4.31. The van der Waals surface area contributed by atoms with E-state index in [1.807, 2.05) is 37.3 Å². The van der Waals surface area contributed by atoms with Gasteiger partial charge in [0.25, 0.3) is 11.8 Å². The Hall–Kier alpha value is -3.69. The van der Waals surface area contributed by atoms with Gasteiger partial charge in [0, 0.05) is 18.5 Å². The van der Waals surface area contributed by atoms with Crippen LogP contribution in [0.4, 0.5) is 4.79 Å². The molecule has 0 radical (unpaired) electrons. The molecule has 3 amide bonds. The van der Waals surface area contributed by atoms with E-state index >= 15 is 0 Å². The number of rotatable bonds is 13. The van der Waals surface area contributed by atoms with Crippen molar-refractivity contribution in [2.75, 3.05) is 26.4 Å². The lowest BCUT2D eigenvalue weighted by atomic mass is 9.92. The van der Waals surface area contributed by atoms with Crippen LogP contribution in [0.2, 0.25) is 0 Å². The summed E-state index contributed by atoms with van der Waals surface area (Å²) in [4.78, 5) is 69.9. The first-order chi connectivity index (χ1) is 25.5. The Balaban J connectivity index is 1.43. The summed E-state index contributed by atoms with van der Waals surface area (Å²) in [6, 6.07) is 7.13. The lowest BCUT2D eigenvalue weighted by Crippen LogP contribution is -2.60. The smallest absolute Gasteiger partial charge is 0.407 e. The van der Waals surface area contributed by atoms with Crippen LogP contribution < -0.4 is 16.1 Å². The fourth-order valence-corrected chi connectivity index (χ4v) is 6.16. The number of esters is 2. The van der Waals surface area contributed by atoms with Crippen LogP contribution in [0.25, 0.3) is 17.0 Å². The zero-order chi connectivity index (χ0) is 39.6. The van der Waals surface area contributed by atoms with Crippen LogP contribution in [0, 0.1) is 5.92 Å². The van der Waals surface area contributed by atoms with Gasteiger partial charge in [-0.3, -0.25) is 24.4 Å². The molecular weight excluding hydrogens is 765 g/mol. The third-order valence-corrected chi connectivity index (χ3v) is 9.25. The molecule has 0 bridgehead atoms. The molecule has 1 aromatic carbocycles. The Morgan fingerprint density at radius 3 is 2.46 bits per heavy atom. The van der Waals surface area contributed by atoms with Crippen LogP contribution in [-0.2, 0) is 38.1 Å². The highest BCUT2D eigenvalue weighted by Crippen LogP contribution is 2.31. The first-order valence-electron chi connectivity index (χ1n) is 18.0. The van der Waals surface area contributed by atoms with E-state index in [-0.39, 0.29) is 19.2 Å². The predicted octanol–water partition coefficient (Wildman–Crippen LogP) is 5.48. The van der Waals surface area contributed by atoms with Crippen LogP contribution in [0.5, 0.6) is 0 Å². The highest BCUT2D eigenvalue weighted by molar-refractivity contribution is 6.67. The summed E-state index contributed by atoms with van der Waals surface area (Å²) in [5, 5.41) is 7.54. The minimum atomic E-state index is -1.78. The highest BCUT2D eigenvalue weighted by Gasteiger charge is 2.43. The molecule has 0 spiro atoms. The number of fused-ring (bicyclic) bond motifs is 1. The topological polar surface area (TPSA) is 174 Å². The lowest BCUT2D eigenvalue weighted by molar-refractivity contribution is -0.181. The van der Waals surface area contributed by atoms with Gasteiger partial charge in [-0.1, -0.05) is 72.9 Å². The van der Waals surface area contributed by atoms with Crippen molar-refractivity contribution < 1.29 is 42.9 Å². The Morgan fingerprint density at radius 1 is 1.06 bits per heavy atom. The average molecular weight is 813 g/mol. The Kier molecular flexibility index (Phi) is 15.3. The molecule has 5 atom stereocenters. The van der Waals surface area contributed by atoms with E-state index in [9.17, 15) is 24.0 Å². The number of aromatic nitrogens is 1. The van der Waals surface area contributed by atoms with E-state index in [4.69, 9.17) is 58.7 Å². The molecule has 2 aromatic rings. The normalized spacial score (nSPS) is 20.9. The Bertz CT molecular complexity index is 1700. The number of amides is 3. The number of alkyl carbamates (subject to hydrolysis) is 1. The van der Waals surface area contributed by atoms with Gasteiger partial charge >= 0.3 is 18.0 Å². The van der Waals surface area contributed by atoms with Gasteiger partial charge in [0.2, 0.25) is 3.79 Å². The molecule has 17 heteroatoms. The number of ether oxygens (including phenoxy) is 4. The lowest BCUT2D eigenvalue weighted by Gasteiger charge is -2.35. The van der Waals surface area contributed by atoms with E-state index in [0.717, 1.165) is 17.4 Å². The molecule has 4 rings (SSSR count). The monoisotopic (exact) mass is 811 g/mol. The summed E-state index contributed by atoms with van der Waals surface area (Å²) in [6.45, 7) is 8.91. The van der Waals surface area contributed by atoms with Gasteiger partial charge < -0.3 is 29.6 Å². The molecule has 296 valence electrons. The maximum absolute atomic E-state index is 13.9. The molecule has 2 fully saturated rings. The second-order valence-corrected chi connectivity index (χ2v) is 16.2. The molecule has 0 saturated carbocycles. The highest BCUT2D eigenvalue weighted by atomic mass is 35.6. The predicted molar refractivity (Wildman–Crippen MR) is 203 cm³/mol. The zero-order valence-electron chi connectivity index (χ0n) is 31.0. The van der Waals surface area contributed by atoms with Gasteiger partial charge in [-0.2, -0.15) is 0 Å². The summed E-state index contributed by atoms with van der Waals surface area (Å²) in [7, 11) is 0. The van der Waals surface area contributed by atoms with Crippen molar-refractivity contribution in [1.82, 2.24) is 26.1 Å². The number of carbonyl (C=O) groups excluding carboxylic acids is 5. The minimum absolute atomic E-state index is 0.257. The van der Waals surface area contributed by atoms with E-state index < -0.39 is 70.0 Å². The molecule has 1 unspecified atom stereocenters. The molecule has 2 aliphatic heterocycles. The van der Waals surface area contributed by atoms with Crippen LogP contribution in [0.15, 0.2) is 36.4 Å². The number of hydrogen-bond donors (Lipinski definition) is 3. The third-order valence-electron chi connectivity index (χ3n) is 8.93. The average Bonchev–Trinajstić information content (AvgIpc) is 3.14. The third kappa shape index (κ3) is 11.9.